The summed E-state index contributed by atoms with van der Waals surface area (Å²) in [7, 11) is 4.97. The van der Waals surface area contributed by atoms with Gasteiger partial charge in [-0.15, -0.1) is 0 Å². The molecule has 3 N–H and O–H groups in total. The summed E-state index contributed by atoms with van der Waals surface area (Å²) < 4.78 is 12.2. The Balaban J connectivity index is 2.05. The molecule has 0 fully saturated rings. The summed E-state index contributed by atoms with van der Waals surface area (Å²) in [6.45, 7) is 3.31. The van der Waals surface area contributed by atoms with Gasteiger partial charge in [-0.25, -0.2) is 9.98 Å². The maximum atomic E-state index is 10.6. The van der Waals surface area contributed by atoms with E-state index in [0.29, 0.717) is 36.1 Å². The molecule has 0 saturated heterocycles. The zero-order chi connectivity index (χ0) is 18.9. The first-order valence-corrected chi connectivity index (χ1v) is 8.34. The van der Waals surface area contributed by atoms with Crippen LogP contribution < -0.4 is 20.1 Å². The molecular weight excluding hydrogens is 336 g/mol. The summed E-state index contributed by atoms with van der Waals surface area (Å²) >= 11 is 0. The molecule has 0 radical (unpaired) electrons. The van der Waals surface area contributed by atoms with Crippen molar-refractivity contribution in [3.8, 4) is 11.5 Å². The first kappa shape index (κ1) is 19.5. The highest BCUT2D eigenvalue weighted by atomic mass is 16.5. The summed E-state index contributed by atoms with van der Waals surface area (Å²) in [4.78, 5) is 8.60. The molecule has 1 atom stereocenters. The molecule has 9 nitrogen and oxygen atoms in total. The maximum absolute atomic E-state index is 10.6. The van der Waals surface area contributed by atoms with Crippen molar-refractivity contribution >= 4 is 5.96 Å². The minimum atomic E-state index is -0.793. The number of aryl methyl sites for hydroxylation is 1. The highest BCUT2D eigenvalue weighted by molar-refractivity contribution is 5.79. The first-order valence-electron chi connectivity index (χ1n) is 8.34. The molecule has 0 aliphatic heterocycles. The lowest BCUT2D eigenvalue weighted by Gasteiger charge is -2.18. The molecule has 1 heterocycles. The molecule has 0 spiro atoms. The van der Waals surface area contributed by atoms with Crippen molar-refractivity contribution in [3.05, 3.63) is 35.9 Å². The number of hydrogen-bond donors (Lipinski definition) is 3. The lowest BCUT2D eigenvalue weighted by Crippen LogP contribution is -2.39. The minimum Gasteiger partial charge on any atom is -0.497 e. The van der Waals surface area contributed by atoms with E-state index in [1.165, 1.54) is 6.33 Å². The van der Waals surface area contributed by atoms with E-state index < -0.39 is 6.10 Å². The molecule has 0 bridgehead atoms. The van der Waals surface area contributed by atoms with E-state index in [4.69, 9.17) is 9.47 Å². The Hall–Kier alpha value is -2.81. The van der Waals surface area contributed by atoms with Crippen LogP contribution in [0.5, 0.6) is 11.5 Å². The van der Waals surface area contributed by atoms with Crippen LogP contribution in [0.4, 0.5) is 0 Å². The number of benzene rings is 1. The SMILES string of the molecule is CCNC(=NCc1ncnn1C)NCC(O)c1cc(OC)ccc1OC. The molecule has 0 amide bonds. The molecule has 0 saturated carbocycles. The first-order chi connectivity index (χ1) is 12.6. The van der Waals surface area contributed by atoms with Gasteiger partial charge in [0, 0.05) is 25.7 Å². The molecule has 1 unspecified atom stereocenters. The normalized spacial score (nSPS) is 12.6. The minimum absolute atomic E-state index is 0.258. The van der Waals surface area contributed by atoms with Gasteiger partial charge in [0.1, 0.15) is 30.2 Å². The fourth-order valence-corrected chi connectivity index (χ4v) is 2.36. The van der Waals surface area contributed by atoms with E-state index in [2.05, 4.69) is 25.7 Å². The second-order valence-corrected chi connectivity index (χ2v) is 5.50. The van der Waals surface area contributed by atoms with E-state index in [1.54, 1.807) is 37.1 Å². The van der Waals surface area contributed by atoms with Crippen LogP contribution in [-0.4, -0.2) is 53.1 Å². The number of ether oxygens (including phenoxy) is 2. The molecule has 1 aromatic carbocycles. The van der Waals surface area contributed by atoms with Gasteiger partial charge >= 0.3 is 0 Å². The summed E-state index contributed by atoms with van der Waals surface area (Å²) in [6, 6.07) is 5.31. The number of aromatic nitrogens is 3. The number of rotatable bonds is 8. The fraction of sp³-hybridized carbons (Fsp3) is 0.471. The van der Waals surface area contributed by atoms with Crippen molar-refractivity contribution in [2.75, 3.05) is 27.3 Å². The smallest absolute Gasteiger partial charge is 0.191 e. The number of nitrogens with one attached hydrogen (secondary N) is 2. The van der Waals surface area contributed by atoms with Gasteiger partial charge in [0.2, 0.25) is 0 Å². The molecule has 2 rings (SSSR count). The molecule has 0 aliphatic carbocycles. The third-order valence-electron chi connectivity index (χ3n) is 3.79. The molecule has 9 heteroatoms. The van der Waals surface area contributed by atoms with Gasteiger partial charge < -0.3 is 25.2 Å². The zero-order valence-electron chi connectivity index (χ0n) is 15.6. The Morgan fingerprint density at radius 3 is 2.73 bits per heavy atom. The van der Waals surface area contributed by atoms with Crippen molar-refractivity contribution < 1.29 is 14.6 Å². The van der Waals surface area contributed by atoms with Gasteiger partial charge in [-0.1, -0.05) is 0 Å². The maximum Gasteiger partial charge on any atom is 0.191 e. The molecule has 142 valence electrons. The van der Waals surface area contributed by atoms with Crippen LogP contribution in [0.25, 0.3) is 0 Å². The fourth-order valence-electron chi connectivity index (χ4n) is 2.36. The third-order valence-corrected chi connectivity index (χ3v) is 3.79. The largest absolute Gasteiger partial charge is 0.497 e. The van der Waals surface area contributed by atoms with Crippen LogP contribution >= 0.6 is 0 Å². The predicted octanol–water partition coefficient (Wildman–Crippen LogP) is 0.621. The Kier molecular flexibility index (Phi) is 7.22. The Morgan fingerprint density at radius 2 is 2.12 bits per heavy atom. The van der Waals surface area contributed by atoms with E-state index in [9.17, 15) is 5.11 Å². The second kappa shape index (κ2) is 9.62. The van der Waals surface area contributed by atoms with Gasteiger partial charge in [0.05, 0.1) is 20.3 Å². The monoisotopic (exact) mass is 362 g/mol. The van der Waals surface area contributed by atoms with Crippen molar-refractivity contribution in [2.24, 2.45) is 12.0 Å². The topological polar surface area (TPSA) is 106 Å². The van der Waals surface area contributed by atoms with Crippen LogP contribution in [0.15, 0.2) is 29.5 Å². The summed E-state index contributed by atoms with van der Waals surface area (Å²) in [5.41, 5.74) is 0.642. The predicted molar refractivity (Wildman–Crippen MR) is 98.3 cm³/mol. The lowest BCUT2D eigenvalue weighted by molar-refractivity contribution is 0.176. The number of aliphatic hydroxyl groups is 1. The molecule has 26 heavy (non-hydrogen) atoms. The van der Waals surface area contributed by atoms with E-state index in [0.717, 1.165) is 5.82 Å². The summed E-state index contributed by atoms with van der Waals surface area (Å²) in [5, 5.41) is 20.8. The number of aliphatic imine (C=N–C) groups is 1. The van der Waals surface area contributed by atoms with Crippen LogP contribution in [0, 0.1) is 0 Å². The average Bonchev–Trinajstić information content (AvgIpc) is 3.08. The van der Waals surface area contributed by atoms with Crippen molar-refractivity contribution in [1.29, 1.82) is 0 Å². The number of methoxy groups -OCH3 is 2. The van der Waals surface area contributed by atoms with Gasteiger partial charge in [-0.05, 0) is 25.1 Å². The molecule has 0 aliphatic rings. The summed E-state index contributed by atoms with van der Waals surface area (Å²) in [5.74, 6) is 2.58. The third kappa shape index (κ3) is 5.09. The zero-order valence-corrected chi connectivity index (χ0v) is 15.6. The van der Waals surface area contributed by atoms with Crippen molar-refractivity contribution in [1.82, 2.24) is 25.4 Å². The van der Waals surface area contributed by atoms with Crippen LogP contribution in [-0.2, 0) is 13.6 Å². The lowest BCUT2D eigenvalue weighted by atomic mass is 10.1. The van der Waals surface area contributed by atoms with Gasteiger partial charge in [-0.2, -0.15) is 5.10 Å². The average molecular weight is 362 g/mol. The van der Waals surface area contributed by atoms with E-state index in [1.807, 2.05) is 14.0 Å². The Bertz CT molecular complexity index is 731. The van der Waals surface area contributed by atoms with E-state index >= 15 is 0 Å². The highest BCUT2D eigenvalue weighted by Gasteiger charge is 2.15. The molecule has 1 aromatic heterocycles. The van der Waals surface area contributed by atoms with Gasteiger partial charge in [-0.3, -0.25) is 4.68 Å². The van der Waals surface area contributed by atoms with Crippen LogP contribution in [0.1, 0.15) is 24.4 Å². The number of aliphatic hydroxyl groups excluding tert-OH is 1. The number of hydrogen-bond acceptors (Lipinski definition) is 6. The number of nitrogens with zero attached hydrogens (tertiary/aromatic N) is 4. The van der Waals surface area contributed by atoms with Gasteiger partial charge in [0.15, 0.2) is 5.96 Å². The highest BCUT2D eigenvalue weighted by Crippen LogP contribution is 2.29. The standard InChI is InChI=1S/C17H26N6O3/c1-5-18-17(20-10-16-21-11-22-23(16)2)19-9-14(24)13-8-12(25-3)6-7-15(13)26-4/h6-8,11,14,24H,5,9-10H2,1-4H3,(H2,18,19,20). The molecule has 2 aromatic rings. The van der Waals surface area contributed by atoms with Crippen molar-refractivity contribution in [2.45, 2.75) is 19.6 Å². The van der Waals surface area contributed by atoms with Crippen LogP contribution in [0.2, 0.25) is 0 Å². The van der Waals surface area contributed by atoms with Crippen LogP contribution in [0.3, 0.4) is 0 Å². The Labute approximate surface area is 153 Å². The molecular formula is C17H26N6O3. The van der Waals surface area contributed by atoms with Crippen molar-refractivity contribution in [3.63, 3.8) is 0 Å². The van der Waals surface area contributed by atoms with Gasteiger partial charge in [0.25, 0.3) is 0 Å². The Morgan fingerprint density at radius 1 is 1.31 bits per heavy atom. The second-order valence-electron chi connectivity index (χ2n) is 5.50. The quantitative estimate of drug-likeness (QED) is 0.467. The summed E-state index contributed by atoms with van der Waals surface area (Å²) in [6.07, 6.45) is 0.697. The van der Waals surface area contributed by atoms with E-state index in [-0.39, 0.29) is 6.54 Å². The number of guanidine groups is 1.